The molecule has 0 saturated carbocycles. The van der Waals surface area contributed by atoms with Gasteiger partial charge in [-0.1, -0.05) is 42.5 Å². The summed E-state index contributed by atoms with van der Waals surface area (Å²) >= 11 is 0. The van der Waals surface area contributed by atoms with E-state index in [4.69, 9.17) is 0 Å². The molecule has 136 valence electrons. The number of hydrogen-bond donors (Lipinski definition) is 2. The van der Waals surface area contributed by atoms with E-state index in [1.807, 2.05) is 24.3 Å². The molecule has 0 saturated heterocycles. The quantitative estimate of drug-likeness (QED) is 0.734. The van der Waals surface area contributed by atoms with Gasteiger partial charge >= 0.3 is 5.97 Å². The predicted molar refractivity (Wildman–Crippen MR) is 98.2 cm³/mol. The lowest BCUT2D eigenvalue weighted by Crippen LogP contribution is -2.49. The SMILES string of the molecule is O=C(O)[C@@H]1Cc2ccccc2CN1C(=O)Cc1n[nH]c(=O)c2ccccc12. The van der Waals surface area contributed by atoms with Crippen molar-refractivity contribution in [1.82, 2.24) is 15.1 Å². The Balaban J connectivity index is 1.67. The molecule has 0 fully saturated rings. The number of carbonyl (C=O) groups excluding carboxylic acids is 1. The Morgan fingerprint density at radius 3 is 2.48 bits per heavy atom. The van der Waals surface area contributed by atoms with Gasteiger partial charge in [0.2, 0.25) is 5.91 Å². The number of rotatable bonds is 3. The number of nitrogens with one attached hydrogen (secondary N) is 1. The number of H-pyrrole nitrogens is 1. The van der Waals surface area contributed by atoms with Gasteiger partial charge in [-0.05, 0) is 17.2 Å². The molecule has 0 unspecified atom stereocenters. The normalized spacial score (nSPS) is 16.1. The zero-order valence-electron chi connectivity index (χ0n) is 14.4. The maximum Gasteiger partial charge on any atom is 0.326 e. The van der Waals surface area contributed by atoms with Crippen LogP contribution < -0.4 is 5.56 Å². The van der Waals surface area contributed by atoms with Crippen LogP contribution in [0.1, 0.15) is 16.8 Å². The summed E-state index contributed by atoms with van der Waals surface area (Å²) in [5, 5.41) is 17.1. The van der Waals surface area contributed by atoms with Crippen LogP contribution in [0.4, 0.5) is 0 Å². The molecule has 3 aromatic rings. The van der Waals surface area contributed by atoms with Gasteiger partial charge in [0.05, 0.1) is 17.5 Å². The fraction of sp³-hybridized carbons (Fsp3) is 0.200. The number of nitrogens with zero attached hydrogens (tertiary/aromatic N) is 2. The van der Waals surface area contributed by atoms with Gasteiger partial charge < -0.3 is 10.0 Å². The Labute approximate surface area is 154 Å². The van der Waals surface area contributed by atoms with Crippen molar-refractivity contribution in [3.05, 3.63) is 75.7 Å². The summed E-state index contributed by atoms with van der Waals surface area (Å²) in [7, 11) is 0. The van der Waals surface area contributed by atoms with Gasteiger partial charge in [0.15, 0.2) is 0 Å². The average molecular weight is 363 g/mol. The van der Waals surface area contributed by atoms with E-state index in [1.165, 1.54) is 4.90 Å². The Hall–Kier alpha value is -3.48. The van der Waals surface area contributed by atoms with Crippen LogP contribution in [0.25, 0.3) is 10.8 Å². The molecule has 2 N–H and O–H groups in total. The van der Waals surface area contributed by atoms with Gasteiger partial charge in [-0.25, -0.2) is 9.89 Å². The monoisotopic (exact) mass is 363 g/mol. The van der Waals surface area contributed by atoms with Crippen LogP contribution in [0.15, 0.2) is 53.3 Å². The van der Waals surface area contributed by atoms with Crippen LogP contribution in [-0.2, 0) is 29.0 Å². The van der Waals surface area contributed by atoms with E-state index < -0.39 is 12.0 Å². The number of hydrogen-bond acceptors (Lipinski definition) is 4. The lowest BCUT2D eigenvalue weighted by Gasteiger charge is -2.34. The van der Waals surface area contributed by atoms with Gasteiger partial charge in [0.25, 0.3) is 5.56 Å². The third-order valence-electron chi connectivity index (χ3n) is 4.95. The Morgan fingerprint density at radius 2 is 1.74 bits per heavy atom. The Morgan fingerprint density at radius 1 is 1.07 bits per heavy atom. The summed E-state index contributed by atoms with van der Waals surface area (Å²) in [6.07, 6.45) is 0.195. The van der Waals surface area contributed by atoms with Crippen molar-refractivity contribution >= 4 is 22.6 Å². The molecular formula is C20H17N3O4. The van der Waals surface area contributed by atoms with Crippen LogP contribution in [0.2, 0.25) is 0 Å². The maximum absolute atomic E-state index is 13.0. The van der Waals surface area contributed by atoms with Crippen LogP contribution in [0.3, 0.4) is 0 Å². The number of amides is 1. The first kappa shape index (κ1) is 17.0. The third-order valence-corrected chi connectivity index (χ3v) is 4.95. The molecule has 2 aromatic carbocycles. The van der Waals surface area contributed by atoms with Crippen molar-refractivity contribution in [3.8, 4) is 0 Å². The number of fused-ring (bicyclic) bond motifs is 2. The molecule has 4 rings (SSSR count). The number of aromatic nitrogens is 2. The predicted octanol–water partition coefficient (Wildman–Crippen LogP) is 1.50. The average Bonchev–Trinajstić information content (AvgIpc) is 2.69. The molecule has 1 atom stereocenters. The highest BCUT2D eigenvalue weighted by Crippen LogP contribution is 2.25. The molecule has 27 heavy (non-hydrogen) atoms. The fourth-order valence-electron chi connectivity index (χ4n) is 3.56. The zero-order chi connectivity index (χ0) is 19.0. The fourth-order valence-corrected chi connectivity index (χ4v) is 3.56. The molecule has 0 bridgehead atoms. The minimum absolute atomic E-state index is 0.0801. The summed E-state index contributed by atoms with van der Waals surface area (Å²) in [5.41, 5.74) is 2.00. The maximum atomic E-state index is 13.0. The minimum Gasteiger partial charge on any atom is -0.480 e. The van der Waals surface area contributed by atoms with Crippen molar-refractivity contribution in [3.63, 3.8) is 0 Å². The van der Waals surface area contributed by atoms with Crippen molar-refractivity contribution in [1.29, 1.82) is 0 Å². The second-order valence-electron chi connectivity index (χ2n) is 6.57. The highest BCUT2D eigenvalue weighted by molar-refractivity contribution is 5.90. The van der Waals surface area contributed by atoms with E-state index in [0.29, 0.717) is 16.5 Å². The third kappa shape index (κ3) is 3.08. The first-order valence-corrected chi connectivity index (χ1v) is 8.60. The number of aromatic amines is 1. The standard InChI is InChI=1S/C20H17N3O4/c24-18(10-16-14-7-3-4-8-15(14)19(25)22-21-16)23-11-13-6-2-1-5-12(13)9-17(23)20(26)27/h1-8,17H,9-11H2,(H,22,25)(H,26,27)/t17-/m0/s1. The van der Waals surface area contributed by atoms with Crippen molar-refractivity contribution in [2.75, 3.05) is 0 Å². The van der Waals surface area contributed by atoms with Crippen LogP contribution in [0, 0.1) is 0 Å². The molecule has 1 amide bonds. The molecule has 2 heterocycles. The van der Waals surface area contributed by atoms with E-state index in [2.05, 4.69) is 10.2 Å². The van der Waals surface area contributed by atoms with Crippen molar-refractivity contribution < 1.29 is 14.7 Å². The number of aliphatic carboxylic acids is 1. The molecule has 0 aliphatic carbocycles. The smallest absolute Gasteiger partial charge is 0.326 e. The van der Waals surface area contributed by atoms with Gasteiger partial charge in [-0.15, -0.1) is 0 Å². The van der Waals surface area contributed by atoms with E-state index in [1.54, 1.807) is 24.3 Å². The first-order valence-electron chi connectivity index (χ1n) is 8.60. The number of carbonyl (C=O) groups is 2. The summed E-state index contributed by atoms with van der Waals surface area (Å²) in [5.74, 6) is -1.36. The lowest BCUT2D eigenvalue weighted by molar-refractivity contribution is -0.151. The van der Waals surface area contributed by atoms with Crippen molar-refractivity contribution in [2.24, 2.45) is 0 Å². The number of carboxylic acid groups (broad SMARTS) is 1. The highest BCUT2D eigenvalue weighted by atomic mass is 16.4. The molecule has 7 nitrogen and oxygen atoms in total. The Kier molecular flexibility index (Phi) is 4.19. The molecule has 1 aliphatic rings. The van der Waals surface area contributed by atoms with E-state index in [0.717, 1.165) is 11.1 Å². The van der Waals surface area contributed by atoms with Crippen LogP contribution >= 0.6 is 0 Å². The van der Waals surface area contributed by atoms with Crippen LogP contribution in [0.5, 0.6) is 0 Å². The largest absolute Gasteiger partial charge is 0.480 e. The zero-order valence-corrected chi connectivity index (χ0v) is 14.4. The van der Waals surface area contributed by atoms with E-state index >= 15 is 0 Å². The first-order chi connectivity index (χ1) is 13.0. The second-order valence-corrected chi connectivity index (χ2v) is 6.57. The lowest BCUT2D eigenvalue weighted by atomic mass is 9.93. The summed E-state index contributed by atoms with van der Waals surface area (Å²) in [6.45, 7) is 0.243. The molecular weight excluding hydrogens is 346 g/mol. The molecule has 7 heteroatoms. The minimum atomic E-state index is -1.03. The van der Waals surface area contributed by atoms with Gasteiger partial charge in [0, 0.05) is 18.4 Å². The number of carboxylic acids is 1. The van der Waals surface area contributed by atoms with Gasteiger partial charge in [0.1, 0.15) is 6.04 Å². The van der Waals surface area contributed by atoms with Gasteiger partial charge in [-0.2, -0.15) is 5.10 Å². The molecule has 1 aromatic heterocycles. The Bertz CT molecular complexity index is 1110. The molecule has 0 spiro atoms. The topological polar surface area (TPSA) is 103 Å². The summed E-state index contributed by atoms with van der Waals surface area (Å²) in [4.78, 5) is 38.0. The van der Waals surface area contributed by atoms with Crippen molar-refractivity contribution in [2.45, 2.75) is 25.4 Å². The second kappa shape index (κ2) is 6.68. The molecule has 1 aliphatic heterocycles. The summed E-state index contributed by atoms with van der Waals surface area (Å²) < 4.78 is 0. The highest BCUT2D eigenvalue weighted by Gasteiger charge is 2.34. The summed E-state index contributed by atoms with van der Waals surface area (Å²) in [6, 6.07) is 13.5. The number of benzene rings is 2. The molecule has 0 radical (unpaired) electrons. The van der Waals surface area contributed by atoms with E-state index in [9.17, 15) is 19.5 Å². The van der Waals surface area contributed by atoms with E-state index in [-0.39, 0.29) is 30.9 Å². The van der Waals surface area contributed by atoms with Crippen LogP contribution in [-0.4, -0.2) is 38.1 Å². The van der Waals surface area contributed by atoms with Gasteiger partial charge in [-0.3, -0.25) is 9.59 Å².